The molecule has 19 heavy (non-hydrogen) atoms. The van der Waals surface area contributed by atoms with Crippen LogP contribution in [0.15, 0.2) is 18.2 Å². The van der Waals surface area contributed by atoms with Crippen molar-refractivity contribution in [2.45, 2.75) is 38.1 Å². The van der Waals surface area contributed by atoms with E-state index in [4.69, 9.17) is 0 Å². The Hall–Kier alpha value is -1.35. The van der Waals surface area contributed by atoms with Crippen molar-refractivity contribution in [1.29, 1.82) is 0 Å². The van der Waals surface area contributed by atoms with Crippen LogP contribution in [0.4, 0.5) is 0 Å². The van der Waals surface area contributed by atoms with Crippen molar-refractivity contribution in [1.82, 2.24) is 10.2 Å². The number of nitrogens with one attached hydrogen (secondary N) is 1. The fraction of sp³-hybridized carbons (Fsp3) is 0.562. The van der Waals surface area contributed by atoms with Crippen molar-refractivity contribution in [2.24, 2.45) is 0 Å². The Kier molecular flexibility index (Phi) is 3.56. The quantitative estimate of drug-likeness (QED) is 0.899. The Morgan fingerprint density at radius 1 is 1.32 bits per heavy atom. The Bertz CT molecular complexity index is 478. The molecule has 3 nitrogen and oxygen atoms in total. The van der Waals surface area contributed by atoms with Crippen molar-refractivity contribution in [3.63, 3.8) is 0 Å². The molecule has 1 heterocycles. The predicted molar refractivity (Wildman–Crippen MR) is 76.5 cm³/mol. The van der Waals surface area contributed by atoms with Crippen LogP contribution < -0.4 is 5.32 Å². The number of benzene rings is 1. The lowest BCUT2D eigenvalue weighted by molar-refractivity contribution is 0.0783. The van der Waals surface area contributed by atoms with E-state index in [2.05, 4.69) is 17.4 Å². The molecule has 2 aliphatic rings. The number of hydrogen-bond donors (Lipinski definition) is 1. The highest BCUT2D eigenvalue weighted by molar-refractivity contribution is 5.94. The lowest BCUT2D eigenvalue weighted by atomic mass is 10.1. The summed E-state index contributed by atoms with van der Waals surface area (Å²) in [7, 11) is 1.91. The van der Waals surface area contributed by atoms with E-state index in [9.17, 15) is 4.79 Å². The van der Waals surface area contributed by atoms with Gasteiger partial charge in [0.15, 0.2) is 0 Å². The van der Waals surface area contributed by atoms with E-state index in [1.807, 2.05) is 18.0 Å². The molecule has 0 spiro atoms. The summed E-state index contributed by atoms with van der Waals surface area (Å²) in [5.74, 6) is 0.156. The Balaban J connectivity index is 1.68. The highest BCUT2D eigenvalue weighted by Gasteiger charge is 2.20. The van der Waals surface area contributed by atoms with E-state index in [1.165, 1.54) is 36.8 Å². The molecule has 3 heteroatoms. The molecule has 1 saturated heterocycles. The third-order valence-electron chi connectivity index (χ3n) is 4.35. The number of rotatable bonds is 3. The molecule has 0 aromatic heterocycles. The summed E-state index contributed by atoms with van der Waals surface area (Å²) in [5.41, 5.74) is 3.65. The van der Waals surface area contributed by atoms with Crippen molar-refractivity contribution < 1.29 is 4.79 Å². The molecule has 0 radical (unpaired) electrons. The number of aryl methyl sites for hydroxylation is 2. The van der Waals surface area contributed by atoms with Crippen LogP contribution in [0.5, 0.6) is 0 Å². The minimum Gasteiger partial charge on any atom is -0.340 e. The molecule has 1 aromatic rings. The molecule has 3 rings (SSSR count). The fourth-order valence-corrected chi connectivity index (χ4v) is 3.25. The van der Waals surface area contributed by atoms with E-state index >= 15 is 0 Å². The molecular formula is C16H22N2O. The molecule has 0 bridgehead atoms. The van der Waals surface area contributed by atoms with Gasteiger partial charge in [-0.05, 0) is 61.9 Å². The summed E-state index contributed by atoms with van der Waals surface area (Å²) in [5, 5.41) is 3.44. The maximum Gasteiger partial charge on any atom is 0.253 e. The van der Waals surface area contributed by atoms with Gasteiger partial charge < -0.3 is 10.2 Å². The molecule has 1 N–H and O–H groups in total. The first-order valence-electron chi connectivity index (χ1n) is 7.35. The van der Waals surface area contributed by atoms with Gasteiger partial charge in [0, 0.05) is 25.2 Å². The van der Waals surface area contributed by atoms with E-state index in [1.54, 1.807) is 0 Å². The SMILES string of the molecule is CN(CC1CCCN1)C(=O)c1ccc2c(c1)CCC2. The maximum atomic E-state index is 12.4. The molecular weight excluding hydrogens is 236 g/mol. The van der Waals surface area contributed by atoms with Crippen molar-refractivity contribution >= 4 is 5.91 Å². The first kappa shape index (κ1) is 12.7. The van der Waals surface area contributed by atoms with E-state index in [-0.39, 0.29) is 5.91 Å². The number of fused-ring (bicyclic) bond motifs is 1. The number of carbonyl (C=O) groups is 1. The summed E-state index contributed by atoms with van der Waals surface area (Å²) in [6.45, 7) is 1.90. The average molecular weight is 258 g/mol. The topological polar surface area (TPSA) is 32.3 Å². The van der Waals surface area contributed by atoms with Crippen LogP contribution in [0.3, 0.4) is 0 Å². The molecule has 1 atom stereocenters. The highest BCUT2D eigenvalue weighted by atomic mass is 16.2. The highest BCUT2D eigenvalue weighted by Crippen LogP contribution is 2.23. The molecule has 102 valence electrons. The number of carbonyl (C=O) groups excluding carboxylic acids is 1. The van der Waals surface area contributed by atoms with E-state index < -0.39 is 0 Å². The lowest BCUT2D eigenvalue weighted by Crippen LogP contribution is -2.38. The standard InChI is InChI=1S/C16H22N2O/c1-18(11-15-6-3-9-17-15)16(19)14-8-7-12-4-2-5-13(12)10-14/h7-8,10,15,17H,2-6,9,11H2,1H3. The number of likely N-dealkylation sites (N-methyl/N-ethyl adjacent to an activating group) is 1. The van der Waals surface area contributed by atoms with Gasteiger partial charge in [-0.2, -0.15) is 0 Å². The van der Waals surface area contributed by atoms with Crippen LogP contribution in [0.2, 0.25) is 0 Å². The lowest BCUT2D eigenvalue weighted by Gasteiger charge is -2.21. The Labute approximate surface area is 115 Å². The zero-order valence-corrected chi connectivity index (χ0v) is 11.6. The van der Waals surface area contributed by atoms with Gasteiger partial charge in [0.2, 0.25) is 0 Å². The zero-order chi connectivity index (χ0) is 13.2. The second-order valence-corrected chi connectivity index (χ2v) is 5.82. The summed E-state index contributed by atoms with van der Waals surface area (Å²) in [4.78, 5) is 14.3. The first-order valence-corrected chi connectivity index (χ1v) is 7.35. The fourth-order valence-electron chi connectivity index (χ4n) is 3.25. The van der Waals surface area contributed by atoms with Crippen LogP contribution in [-0.2, 0) is 12.8 Å². The van der Waals surface area contributed by atoms with Crippen molar-refractivity contribution in [3.05, 3.63) is 34.9 Å². The van der Waals surface area contributed by atoms with E-state index in [0.717, 1.165) is 25.1 Å². The van der Waals surface area contributed by atoms with Crippen LogP contribution in [0.1, 0.15) is 40.7 Å². The normalized spacial score (nSPS) is 21.4. The van der Waals surface area contributed by atoms with Gasteiger partial charge in [-0.25, -0.2) is 0 Å². The van der Waals surface area contributed by atoms with Crippen molar-refractivity contribution in [3.8, 4) is 0 Å². The van der Waals surface area contributed by atoms with Gasteiger partial charge in [0.25, 0.3) is 5.91 Å². The third-order valence-corrected chi connectivity index (χ3v) is 4.35. The second kappa shape index (κ2) is 5.33. The van der Waals surface area contributed by atoms with Gasteiger partial charge >= 0.3 is 0 Å². The monoisotopic (exact) mass is 258 g/mol. The third kappa shape index (κ3) is 2.66. The molecule has 1 fully saturated rings. The van der Waals surface area contributed by atoms with Crippen LogP contribution in [0.25, 0.3) is 0 Å². The second-order valence-electron chi connectivity index (χ2n) is 5.82. The molecule has 1 aromatic carbocycles. The molecule has 1 unspecified atom stereocenters. The largest absolute Gasteiger partial charge is 0.340 e. The average Bonchev–Trinajstić information content (AvgIpc) is 3.07. The van der Waals surface area contributed by atoms with Gasteiger partial charge in [-0.3, -0.25) is 4.79 Å². The number of nitrogens with zero attached hydrogens (tertiary/aromatic N) is 1. The summed E-state index contributed by atoms with van der Waals surface area (Å²) in [6, 6.07) is 6.70. The Morgan fingerprint density at radius 3 is 2.95 bits per heavy atom. The summed E-state index contributed by atoms with van der Waals surface area (Å²) >= 11 is 0. The minimum absolute atomic E-state index is 0.156. The van der Waals surface area contributed by atoms with Crippen molar-refractivity contribution in [2.75, 3.05) is 20.1 Å². The van der Waals surface area contributed by atoms with Crippen LogP contribution in [-0.4, -0.2) is 37.0 Å². The van der Waals surface area contributed by atoms with Crippen LogP contribution >= 0.6 is 0 Å². The first-order chi connectivity index (χ1) is 9.24. The summed E-state index contributed by atoms with van der Waals surface area (Å²) in [6.07, 6.45) is 5.94. The van der Waals surface area contributed by atoms with Gasteiger partial charge in [0.05, 0.1) is 0 Å². The zero-order valence-electron chi connectivity index (χ0n) is 11.6. The van der Waals surface area contributed by atoms with Gasteiger partial charge in [0.1, 0.15) is 0 Å². The van der Waals surface area contributed by atoms with E-state index in [0.29, 0.717) is 6.04 Å². The number of amides is 1. The molecule has 1 amide bonds. The molecule has 1 aliphatic heterocycles. The summed E-state index contributed by atoms with van der Waals surface area (Å²) < 4.78 is 0. The number of hydrogen-bond acceptors (Lipinski definition) is 2. The Morgan fingerprint density at radius 2 is 2.16 bits per heavy atom. The molecule has 1 aliphatic carbocycles. The molecule has 0 saturated carbocycles. The smallest absolute Gasteiger partial charge is 0.253 e. The minimum atomic E-state index is 0.156. The van der Waals surface area contributed by atoms with Gasteiger partial charge in [-0.1, -0.05) is 6.07 Å². The predicted octanol–water partition coefficient (Wildman–Crippen LogP) is 2.00. The maximum absolute atomic E-state index is 12.4. The van der Waals surface area contributed by atoms with Gasteiger partial charge in [-0.15, -0.1) is 0 Å². The van der Waals surface area contributed by atoms with Crippen LogP contribution in [0, 0.1) is 0 Å².